The number of hydrogen-bond donors (Lipinski definition) is 2. The number of nitrogens with one attached hydrogen (secondary N) is 1. The van der Waals surface area contributed by atoms with Crippen LogP contribution in [-0.2, 0) is 6.61 Å². The van der Waals surface area contributed by atoms with Gasteiger partial charge < -0.3 is 10.4 Å². The fourth-order valence-electron chi connectivity index (χ4n) is 3.33. The van der Waals surface area contributed by atoms with Gasteiger partial charge in [-0.25, -0.2) is 0 Å². The summed E-state index contributed by atoms with van der Waals surface area (Å²) >= 11 is 0. The van der Waals surface area contributed by atoms with E-state index in [2.05, 4.69) is 17.4 Å². The van der Waals surface area contributed by atoms with Crippen molar-refractivity contribution in [3.05, 3.63) is 29.8 Å². The van der Waals surface area contributed by atoms with Gasteiger partial charge in [0, 0.05) is 17.3 Å². The molecule has 0 aliphatic heterocycles. The molecule has 118 valence electrons. The van der Waals surface area contributed by atoms with Gasteiger partial charge in [0.15, 0.2) is 0 Å². The molecular weight excluding hydrogens is 258 g/mol. The lowest BCUT2D eigenvalue weighted by atomic mass is 9.97. The van der Waals surface area contributed by atoms with E-state index in [1.54, 1.807) is 0 Å². The first-order valence-electron chi connectivity index (χ1n) is 8.85. The SMILES string of the molecule is OCc1ccccc1NC1CCCCCCCCCCC1. The number of para-hydroxylation sites is 1. The zero-order chi connectivity index (χ0) is 14.8. The first kappa shape index (κ1) is 16.4. The summed E-state index contributed by atoms with van der Waals surface area (Å²) in [7, 11) is 0. The Morgan fingerprint density at radius 1 is 0.810 bits per heavy atom. The van der Waals surface area contributed by atoms with Crippen LogP contribution in [0.1, 0.15) is 76.2 Å². The maximum absolute atomic E-state index is 9.46. The quantitative estimate of drug-likeness (QED) is 0.795. The van der Waals surface area contributed by atoms with Crippen LogP contribution in [0.15, 0.2) is 24.3 Å². The first-order chi connectivity index (χ1) is 10.4. The van der Waals surface area contributed by atoms with Gasteiger partial charge in [-0.15, -0.1) is 0 Å². The summed E-state index contributed by atoms with van der Waals surface area (Å²) in [5.41, 5.74) is 2.14. The summed E-state index contributed by atoms with van der Waals surface area (Å²) in [5.74, 6) is 0. The Hall–Kier alpha value is -1.02. The predicted molar refractivity (Wildman–Crippen MR) is 90.6 cm³/mol. The van der Waals surface area contributed by atoms with Crippen LogP contribution in [0.25, 0.3) is 0 Å². The van der Waals surface area contributed by atoms with Crippen LogP contribution in [0.5, 0.6) is 0 Å². The monoisotopic (exact) mass is 289 g/mol. The molecular formula is C19H31NO. The molecule has 1 aliphatic rings. The zero-order valence-corrected chi connectivity index (χ0v) is 13.3. The number of benzene rings is 1. The second-order valence-corrected chi connectivity index (χ2v) is 6.42. The minimum absolute atomic E-state index is 0.121. The third-order valence-electron chi connectivity index (χ3n) is 4.65. The molecule has 1 aliphatic carbocycles. The fourth-order valence-corrected chi connectivity index (χ4v) is 3.33. The molecule has 21 heavy (non-hydrogen) atoms. The molecule has 2 N–H and O–H groups in total. The Balaban J connectivity index is 1.90. The van der Waals surface area contributed by atoms with Crippen LogP contribution in [0.4, 0.5) is 5.69 Å². The maximum Gasteiger partial charge on any atom is 0.0701 e. The van der Waals surface area contributed by atoms with Gasteiger partial charge in [-0.05, 0) is 18.9 Å². The van der Waals surface area contributed by atoms with Crippen LogP contribution in [0.3, 0.4) is 0 Å². The Morgan fingerprint density at radius 3 is 1.90 bits per heavy atom. The lowest BCUT2D eigenvalue weighted by molar-refractivity contribution is 0.282. The van der Waals surface area contributed by atoms with Gasteiger partial charge in [-0.2, -0.15) is 0 Å². The molecule has 0 amide bonds. The largest absolute Gasteiger partial charge is 0.392 e. The van der Waals surface area contributed by atoms with E-state index in [9.17, 15) is 5.11 Å². The van der Waals surface area contributed by atoms with E-state index in [1.165, 1.54) is 70.6 Å². The van der Waals surface area contributed by atoms with E-state index in [0.29, 0.717) is 6.04 Å². The maximum atomic E-state index is 9.46. The van der Waals surface area contributed by atoms with E-state index >= 15 is 0 Å². The van der Waals surface area contributed by atoms with Crippen molar-refractivity contribution in [3.63, 3.8) is 0 Å². The summed E-state index contributed by atoms with van der Waals surface area (Å²) in [6.45, 7) is 0.121. The van der Waals surface area contributed by atoms with Crippen LogP contribution in [-0.4, -0.2) is 11.1 Å². The van der Waals surface area contributed by atoms with Gasteiger partial charge in [-0.1, -0.05) is 76.0 Å². The number of anilines is 1. The van der Waals surface area contributed by atoms with Gasteiger partial charge in [-0.3, -0.25) is 0 Å². The normalized spacial score (nSPS) is 19.5. The number of hydrogen-bond acceptors (Lipinski definition) is 2. The molecule has 2 nitrogen and oxygen atoms in total. The molecule has 1 fully saturated rings. The van der Waals surface area contributed by atoms with E-state index in [-0.39, 0.29) is 6.61 Å². The van der Waals surface area contributed by atoms with E-state index in [4.69, 9.17) is 0 Å². The molecule has 1 aromatic rings. The molecule has 0 atom stereocenters. The highest BCUT2D eigenvalue weighted by molar-refractivity contribution is 5.51. The molecule has 0 heterocycles. The third kappa shape index (κ3) is 6.09. The van der Waals surface area contributed by atoms with Crippen LogP contribution < -0.4 is 5.32 Å². The summed E-state index contributed by atoms with van der Waals surface area (Å²) in [5, 5.41) is 13.2. The van der Waals surface area contributed by atoms with Crippen molar-refractivity contribution in [1.29, 1.82) is 0 Å². The molecule has 0 radical (unpaired) electrons. The molecule has 2 rings (SSSR count). The summed E-state index contributed by atoms with van der Waals surface area (Å²) < 4.78 is 0. The molecule has 0 spiro atoms. The Labute approximate surface area is 130 Å². The molecule has 1 saturated carbocycles. The van der Waals surface area contributed by atoms with Gasteiger partial charge in [0.05, 0.1) is 6.61 Å². The molecule has 0 unspecified atom stereocenters. The van der Waals surface area contributed by atoms with Gasteiger partial charge in [0.2, 0.25) is 0 Å². The minimum atomic E-state index is 0.121. The second-order valence-electron chi connectivity index (χ2n) is 6.42. The van der Waals surface area contributed by atoms with Crippen molar-refractivity contribution >= 4 is 5.69 Å². The average molecular weight is 289 g/mol. The molecule has 0 bridgehead atoms. The highest BCUT2D eigenvalue weighted by Gasteiger charge is 2.11. The number of aliphatic hydroxyl groups is 1. The summed E-state index contributed by atoms with van der Waals surface area (Å²) in [4.78, 5) is 0. The Morgan fingerprint density at radius 2 is 1.33 bits per heavy atom. The van der Waals surface area contributed by atoms with Crippen LogP contribution in [0.2, 0.25) is 0 Å². The summed E-state index contributed by atoms with van der Waals surface area (Å²) in [6, 6.07) is 8.73. The van der Waals surface area contributed by atoms with Gasteiger partial charge in [0.1, 0.15) is 0 Å². The van der Waals surface area contributed by atoms with E-state index in [1.807, 2.05) is 12.1 Å². The van der Waals surface area contributed by atoms with Crippen molar-refractivity contribution in [2.75, 3.05) is 5.32 Å². The van der Waals surface area contributed by atoms with Crippen molar-refractivity contribution in [2.45, 2.75) is 83.3 Å². The Bertz CT molecular complexity index is 379. The molecule has 2 heteroatoms. The van der Waals surface area contributed by atoms with Gasteiger partial charge >= 0.3 is 0 Å². The molecule has 1 aromatic carbocycles. The van der Waals surface area contributed by atoms with Crippen molar-refractivity contribution in [1.82, 2.24) is 0 Å². The standard InChI is InChI=1S/C19H31NO/c21-16-17-12-10-11-15-19(17)20-18-13-8-6-4-2-1-3-5-7-9-14-18/h10-12,15,18,20-21H,1-9,13-14,16H2. The Kier molecular flexibility index (Phi) is 7.66. The van der Waals surface area contributed by atoms with Gasteiger partial charge in [0.25, 0.3) is 0 Å². The topological polar surface area (TPSA) is 32.3 Å². The van der Waals surface area contributed by atoms with Crippen LogP contribution in [0, 0.1) is 0 Å². The third-order valence-corrected chi connectivity index (χ3v) is 4.65. The lowest BCUT2D eigenvalue weighted by Crippen LogP contribution is -2.20. The number of rotatable bonds is 3. The second kappa shape index (κ2) is 9.83. The molecule has 0 aromatic heterocycles. The first-order valence-corrected chi connectivity index (χ1v) is 8.85. The highest BCUT2D eigenvalue weighted by atomic mass is 16.3. The smallest absolute Gasteiger partial charge is 0.0701 e. The zero-order valence-electron chi connectivity index (χ0n) is 13.3. The lowest BCUT2D eigenvalue weighted by Gasteiger charge is -2.22. The predicted octanol–water partition coefficient (Wildman–Crippen LogP) is 5.26. The average Bonchev–Trinajstić information content (AvgIpc) is 2.50. The van der Waals surface area contributed by atoms with E-state index in [0.717, 1.165) is 11.3 Å². The minimum Gasteiger partial charge on any atom is -0.392 e. The number of aliphatic hydroxyl groups excluding tert-OH is 1. The van der Waals surface area contributed by atoms with Crippen molar-refractivity contribution in [3.8, 4) is 0 Å². The highest BCUT2D eigenvalue weighted by Crippen LogP contribution is 2.22. The summed E-state index contributed by atoms with van der Waals surface area (Å²) in [6.07, 6.45) is 15.0. The van der Waals surface area contributed by atoms with Crippen LogP contribution >= 0.6 is 0 Å². The van der Waals surface area contributed by atoms with E-state index < -0.39 is 0 Å². The fraction of sp³-hybridized carbons (Fsp3) is 0.684. The van der Waals surface area contributed by atoms with Crippen molar-refractivity contribution < 1.29 is 5.11 Å². The van der Waals surface area contributed by atoms with Crippen molar-refractivity contribution in [2.24, 2.45) is 0 Å². The molecule has 0 saturated heterocycles.